The smallest absolute Gasteiger partial charge is 0.270 e. The maximum absolute atomic E-state index is 13.0. The number of methoxy groups -OCH3 is 2. The van der Waals surface area contributed by atoms with Crippen LogP contribution in [0.1, 0.15) is 23.7 Å². The molecule has 1 saturated heterocycles. The van der Waals surface area contributed by atoms with Crippen LogP contribution in [0.2, 0.25) is 5.02 Å². The zero-order valence-corrected chi connectivity index (χ0v) is 19.8. The highest BCUT2D eigenvalue weighted by Gasteiger charge is 2.44. The van der Waals surface area contributed by atoms with Crippen molar-refractivity contribution in [3.63, 3.8) is 0 Å². The molecule has 3 amide bonds. The average molecular weight is 491 g/mol. The Morgan fingerprint density at radius 1 is 1.09 bits per heavy atom. The molecule has 9 nitrogen and oxygen atoms in total. The van der Waals surface area contributed by atoms with E-state index in [4.69, 9.17) is 33.3 Å². The minimum atomic E-state index is -0.999. The van der Waals surface area contributed by atoms with Crippen molar-refractivity contribution in [2.75, 3.05) is 26.1 Å². The minimum Gasteiger partial charge on any atom is -0.497 e. The van der Waals surface area contributed by atoms with Gasteiger partial charge >= 0.3 is 0 Å². The molecule has 11 heteroatoms. The van der Waals surface area contributed by atoms with Crippen molar-refractivity contribution in [2.45, 2.75) is 19.4 Å². The van der Waals surface area contributed by atoms with Crippen LogP contribution >= 0.6 is 23.8 Å². The zero-order chi connectivity index (χ0) is 24.1. The lowest BCUT2D eigenvalue weighted by molar-refractivity contribution is -0.130. The number of thiocarbonyl (C=S) groups is 1. The summed E-state index contributed by atoms with van der Waals surface area (Å²) in [7, 11) is 2.94. The van der Waals surface area contributed by atoms with E-state index in [2.05, 4.69) is 10.7 Å². The molecule has 0 unspecified atom stereocenters. The Bertz CT molecular complexity index is 1060. The summed E-state index contributed by atoms with van der Waals surface area (Å²) in [5.74, 6) is -0.485. The third-order valence-corrected chi connectivity index (χ3v) is 5.63. The van der Waals surface area contributed by atoms with Gasteiger partial charge in [-0.3, -0.25) is 24.7 Å². The Morgan fingerprint density at radius 2 is 1.70 bits per heavy atom. The maximum Gasteiger partial charge on any atom is 0.270 e. The number of nitrogens with one attached hydrogen (secondary N) is 2. The van der Waals surface area contributed by atoms with E-state index >= 15 is 0 Å². The van der Waals surface area contributed by atoms with E-state index < -0.39 is 17.9 Å². The molecule has 2 aromatic carbocycles. The van der Waals surface area contributed by atoms with Crippen LogP contribution in [0.25, 0.3) is 0 Å². The van der Waals surface area contributed by atoms with Crippen LogP contribution in [-0.4, -0.2) is 59.5 Å². The summed E-state index contributed by atoms with van der Waals surface area (Å²) in [6.07, 6.45) is -0.222. The number of rotatable bonds is 8. The number of hydrazine groups is 1. The molecular formula is C22H23ClN4O5S. The van der Waals surface area contributed by atoms with Crippen LogP contribution in [0.5, 0.6) is 11.5 Å². The van der Waals surface area contributed by atoms with Gasteiger partial charge in [0.25, 0.3) is 11.8 Å². The molecule has 0 bridgehead atoms. The molecule has 0 radical (unpaired) electrons. The second kappa shape index (κ2) is 10.5. The van der Waals surface area contributed by atoms with Crippen molar-refractivity contribution in [3.8, 4) is 11.5 Å². The molecular weight excluding hydrogens is 468 g/mol. The molecule has 1 atom stereocenters. The van der Waals surface area contributed by atoms with Gasteiger partial charge in [0, 0.05) is 28.9 Å². The van der Waals surface area contributed by atoms with Gasteiger partial charge in [-0.15, -0.1) is 0 Å². The Balaban J connectivity index is 1.79. The molecule has 174 valence electrons. The van der Waals surface area contributed by atoms with Gasteiger partial charge in [0.2, 0.25) is 5.91 Å². The number of anilines is 1. The van der Waals surface area contributed by atoms with Crippen LogP contribution in [-0.2, 0) is 9.59 Å². The van der Waals surface area contributed by atoms with Crippen LogP contribution in [0.15, 0.2) is 42.5 Å². The highest BCUT2D eigenvalue weighted by molar-refractivity contribution is 7.80. The van der Waals surface area contributed by atoms with Crippen molar-refractivity contribution in [1.82, 2.24) is 15.3 Å². The number of amides is 3. The lowest BCUT2D eigenvalue weighted by Crippen LogP contribution is -2.49. The quantitative estimate of drug-likeness (QED) is 0.549. The number of benzene rings is 2. The SMILES string of the molecule is CCN1C(=O)[C@H](CC(=O)Nc2ccc(Cl)cc2)N(NC(=O)c2cc(OC)cc(OC)c2)C1=S. The minimum absolute atomic E-state index is 0.106. The summed E-state index contributed by atoms with van der Waals surface area (Å²) >= 11 is 11.3. The largest absolute Gasteiger partial charge is 0.497 e. The van der Waals surface area contributed by atoms with Crippen LogP contribution in [0, 0.1) is 0 Å². The van der Waals surface area contributed by atoms with Crippen molar-refractivity contribution in [2.24, 2.45) is 0 Å². The first-order chi connectivity index (χ1) is 15.8. The molecule has 1 heterocycles. The molecule has 2 aromatic rings. The first kappa shape index (κ1) is 24.3. The molecule has 2 N–H and O–H groups in total. The second-order valence-corrected chi connectivity index (χ2v) is 7.85. The van der Waals surface area contributed by atoms with E-state index in [-0.39, 0.29) is 23.0 Å². The second-order valence-electron chi connectivity index (χ2n) is 7.05. The number of hydrogen-bond donors (Lipinski definition) is 2. The van der Waals surface area contributed by atoms with Gasteiger partial charge < -0.3 is 14.8 Å². The van der Waals surface area contributed by atoms with E-state index in [1.165, 1.54) is 36.3 Å². The van der Waals surface area contributed by atoms with Crippen LogP contribution in [0.3, 0.4) is 0 Å². The lowest BCUT2D eigenvalue weighted by Gasteiger charge is -2.24. The molecule has 0 saturated carbocycles. The Morgan fingerprint density at radius 3 is 2.24 bits per heavy atom. The van der Waals surface area contributed by atoms with E-state index in [1.54, 1.807) is 37.3 Å². The first-order valence-electron chi connectivity index (χ1n) is 10.0. The van der Waals surface area contributed by atoms with E-state index in [1.807, 2.05) is 0 Å². The Hall–Kier alpha value is -3.37. The zero-order valence-electron chi connectivity index (χ0n) is 18.3. The fourth-order valence-electron chi connectivity index (χ4n) is 3.28. The standard InChI is InChI=1S/C22H23ClN4O5S/c1-4-26-21(30)18(12-19(28)24-15-7-5-14(23)6-8-15)27(22(26)33)25-20(29)13-9-16(31-2)11-17(10-13)32-3/h5-11,18H,4,12H2,1-3H3,(H,24,28)(H,25,29)/t18-/m0/s1. The molecule has 0 aliphatic carbocycles. The van der Waals surface area contributed by atoms with E-state index in [9.17, 15) is 14.4 Å². The summed E-state index contributed by atoms with van der Waals surface area (Å²) < 4.78 is 10.4. The number of ether oxygens (including phenoxy) is 2. The number of nitrogens with zero attached hydrogens (tertiary/aromatic N) is 2. The third kappa shape index (κ3) is 5.52. The van der Waals surface area contributed by atoms with E-state index in [0.29, 0.717) is 28.8 Å². The summed E-state index contributed by atoms with van der Waals surface area (Å²) in [4.78, 5) is 39.9. The Labute approximate surface area is 201 Å². The third-order valence-electron chi connectivity index (χ3n) is 4.96. The molecule has 3 rings (SSSR count). The summed E-state index contributed by atoms with van der Waals surface area (Å²) in [6.45, 7) is 2.06. The van der Waals surface area contributed by atoms with Gasteiger partial charge in [-0.2, -0.15) is 0 Å². The summed E-state index contributed by atoms with van der Waals surface area (Å²) in [5.41, 5.74) is 3.42. The van der Waals surface area contributed by atoms with Gasteiger partial charge in [0.05, 0.1) is 20.6 Å². The predicted molar refractivity (Wildman–Crippen MR) is 127 cm³/mol. The van der Waals surface area contributed by atoms with Crippen molar-refractivity contribution in [1.29, 1.82) is 0 Å². The molecule has 0 spiro atoms. The lowest BCUT2D eigenvalue weighted by atomic mass is 10.1. The fraction of sp³-hybridized carbons (Fsp3) is 0.273. The van der Waals surface area contributed by atoms with Crippen LogP contribution < -0.4 is 20.2 Å². The van der Waals surface area contributed by atoms with Crippen molar-refractivity contribution >= 4 is 52.3 Å². The molecule has 1 fully saturated rings. The number of carbonyl (C=O) groups excluding carboxylic acids is 3. The van der Waals surface area contributed by atoms with Gasteiger partial charge in [-0.25, -0.2) is 5.01 Å². The van der Waals surface area contributed by atoms with Crippen LogP contribution in [0.4, 0.5) is 5.69 Å². The fourth-order valence-corrected chi connectivity index (χ4v) is 3.79. The summed E-state index contributed by atoms with van der Waals surface area (Å²) in [6, 6.07) is 10.3. The number of halogens is 1. The number of carbonyl (C=O) groups is 3. The highest BCUT2D eigenvalue weighted by Crippen LogP contribution is 2.24. The number of likely N-dealkylation sites (N-methyl/N-ethyl adjacent to an activating group) is 1. The maximum atomic E-state index is 13.0. The first-order valence-corrected chi connectivity index (χ1v) is 10.8. The monoisotopic (exact) mass is 490 g/mol. The predicted octanol–water partition coefficient (Wildman–Crippen LogP) is 2.85. The summed E-state index contributed by atoms with van der Waals surface area (Å²) in [5, 5.41) is 4.60. The van der Waals surface area contributed by atoms with Crippen molar-refractivity contribution in [3.05, 3.63) is 53.1 Å². The van der Waals surface area contributed by atoms with Crippen molar-refractivity contribution < 1.29 is 23.9 Å². The normalized spacial score (nSPS) is 15.5. The molecule has 1 aliphatic rings. The Kier molecular flexibility index (Phi) is 7.72. The molecule has 1 aliphatic heterocycles. The van der Waals surface area contributed by atoms with Gasteiger partial charge in [-0.05, 0) is 55.5 Å². The topological polar surface area (TPSA) is 100 Å². The molecule has 33 heavy (non-hydrogen) atoms. The number of hydrogen-bond acceptors (Lipinski definition) is 6. The van der Waals surface area contributed by atoms with Gasteiger partial charge in [-0.1, -0.05) is 11.6 Å². The highest BCUT2D eigenvalue weighted by atomic mass is 35.5. The van der Waals surface area contributed by atoms with Gasteiger partial charge in [0.1, 0.15) is 17.5 Å². The molecule has 0 aromatic heterocycles. The van der Waals surface area contributed by atoms with Gasteiger partial charge in [0.15, 0.2) is 5.11 Å². The van der Waals surface area contributed by atoms with E-state index in [0.717, 1.165) is 0 Å². The average Bonchev–Trinajstić information content (AvgIpc) is 3.03.